The average Bonchev–Trinajstić information content (AvgIpc) is 3.34. The molecule has 4 rings (SSSR count). The Morgan fingerprint density at radius 2 is 2.10 bits per heavy atom. The first-order valence-corrected chi connectivity index (χ1v) is 9.85. The van der Waals surface area contributed by atoms with Gasteiger partial charge in [0.25, 0.3) is 0 Å². The summed E-state index contributed by atoms with van der Waals surface area (Å²) < 4.78 is 40.6. The molecule has 2 N–H and O–H groups in total. The lowest BCUT2D eigenvalue weighted by Crippen LogP contribution is -2.14. The third-order valence-electron chi connectivity index (χ3n) is 5.07. The molecule has 4 heterocycles. The van der Waals surface area contributed by atoms with Crippen molar-refractivity contribution in [3.05, 3.63) is 54.0 Å². The molecule has 0 radical (unpaired) electrons. The summed E-state index contributed by atoms with van der Waals surface area (Å²) in [5.41, 5.74) is 1.56. The van der Waals surface area contributed by atoms with E-state index in [0.717, 1.165) is 35.9 Å². The molecule has 0 spiro atoms. The van der Waals surface area contributed by atoms with Crippen molar-refractivity contribution in [1.82, 2.24) is 25.1 Å². The van der Waals surface area contributed by atoms with Crippen LogP contribution in [-0.2, 0) is 17.5 Å². The van der Waals surface area contributed by atoms with E-state index in [9.17, 15) is 18.0 Å². The van der Waals surface area contributed by atoms with E-state index >= 15 is 0 Å². The van der Waals surface area contributed by atoms with Crippen LogP contribution in [0.2, 0.25) is 0 Å². The van der Waals surface area contributed by atoms with Gasteiger partial charge in [-0.3, -0.25) is 9.48 Å². The third-order valence-corrected chi connectivity index (χ3v) is 5.07. The van der Waals surface area contributed by atoms with E-state index in [1.54, 1.807) is 12.3 Å². The Labute approximate surface area is 176 Å². The van der Waals surface area contributed by atoms with E-state index < -0.39 is 11.7 Å². The average molecular weight is 430 g/mol. The van der Waals surface area contributed by atoms with Gasteiger partial charge in [-0.05, 0) is 49.1 Å². The Hall–Kier alpha value is -3.43. The lowest BCUT2D eigenvalue weighted by molar-refractivity contribution is -0.137. The highest BCUT2D eigenvalue weighted by atomic mass is 19.4. The van der Waals surface area contributed by atoms with Gasteiger partial charge in [0.2, 0.25) is 5.91 Å². The molecule has 0 aliphatic carbocycles. The summed E-state index contributed by atoms with van der Waals surface area (Å²) in [5.74, 6) is 0.859. The van der Waals surface area contributed by atoms with E-state index in [4.69, 9.17) is 0 Å². The molecule has 1 atom stereocenters. The molecular weight excluding hydrogens is 409 g/mol. The Morgan fingerprint density at radius 1 is 1.26 bits per heavy atom. The first-order valence-electron chi connectivity index (χ1n) is 9.85. The molecule has 1 saturated heterocycles. The zero-order valence-electron chi connectivity index (χ0n) is 16.8. The maximum atomic E-state index is 12.9. The smallest absolute Gasteiger partial charge is 0.356 e. The monoisotopic (exact) mass is 430 g/mol. The zero-order valence-corrected chi connectivity index (χ0v) is 16.8. The van der Waals surface area contributed by atoms with Crippen molar-refractivity contribution in [3.63, 3.8) is 0 Å². The number of pyridine rings is 2. The SMILES string of the molecule is Cc1cc(Nc2cc(C(F)(F)F)ccn2)nc(-c2cnn(CC[C@H]3CNC(=O)C3)c2)c1. The fraction of sp³-hybridized carbons (Fsp3) is 0.333. The summed E-state index contributed by atoms with van der Waals surface area (Å²) in [5, 5.41) is 10.0. The lowest BCUT2D eigenvalue weighted by atomic mass is 10.1. The largest absolute Gasteiger partial charge is 0.416 e. The van der Waals surface area contributed by atoms with Crippen LogP contribution in [0.15, 0.2) is 42.9 Å². The molecule has 1 fully saturated rings. The number of aryl methyl sites for hydroxylation is 2. The van der Waals surface area contributed by atoms with E-state index in [0.29, 0.717) is 36.9 Å². The molecule has 31 heavy (non-hydrogen) atoms. The van der Waals surface area contributed by atoms with Crippen LogP contribution in [0.3, 0.4) is 0 Å². The van der Waals surface area contributed by atoms with Gasteiger partial charge in [0.05, 0.1) is 17.5 Å². The molecule has 162 valence electrons. The van der Waals surface area contributed by atoms with Crippen molar-refractivity contribution in [2.45, 2.75) is 32.5 Å². The van der Waals surface area contributed by atoms with Crippen LogP contribution in [0.4, 0.5) is 24.8 Å². The summed E-state index contributed by atoms with van der Waals surface area (Å²) in [6.45, 7) is 3.26. The zero-order chi connectivity index (χ0) is 22.0. The minimum atomic E-state index is -4.44. The quantitative estimate of drug-likeness (QED) is 0.619. The fourth-order valence-electron chi connectivity index (χ4n) is 3.49. The summed E-state index contributed by atoms with van der Waals surface area (Å²) in [7, 11) is 0. The van der Waals surface area contributed by atoms with Gasteiger partial charge in [0.1, 0.15) is 11.6 Å². The van der Waals surface area contributed by atoms with Crippen LogP contribution >= 0.6 is 0 Å². The molecular formula is C21H21F3N6O. The van der Waals surface area contributed by atoms with Gasteiger partial charge in [-0.15, -0.1) is 0 Å². The van der Waals surface area contributed by atoms with Crippen LogP contribution in [0, 0.1) is 12.8 Å². The predicted molar refractivity (Wildman–Crippen MR) is 108 cm³/mol. The van der Waals surface area contributed by atoms with Gasteiger partial charge in [0, 0.05) is 37.5 Å². The molecule has 1 amide bonds. The van der Waals surface area contributed by atoms with Crippen LogP contribution < -0.4 is 10.6 Å². The molecule has 3 aromatic heterocycles. The van der Waals surface area contributed by atoms with Crippen LogP contribution in [0.1, 0.15) is 24.0 Å². The normalized spacial score (nSPS) is 16.4. The van der Waals surface area contributed by atoms with Crippen LogP contribution in [-0.4, -0.2) is 32.2 Å². The third kappa shape index (κ3) is 5.19. The second kappa shape index (κ2) is 8.37. The molecule has 1 aliphatic heterocycles. The Kier molecular flexibility index (Phi) is 5.62. The number of nitrogens with one attached hydrogen (secondary N) is 2. The van der Waals surface area contributed by atoms with Gasteiger partial charge >= 0.3 is 6.18 Å². The number of halogens is 3. The highest BCUT2D eigenvalue weighted by Crippen LogP contribution is 2.31. The molecule has 0 aromatic carbocycles. The maximum absolute atomic E-state index is 12.9. The minimum Gasteiger partial charge on any atom is -0.356 e. The van der Waals surface area contributed by atoms with Crippen molar-refractivity contribution >= 4 is 17.5 Å². The van der Waals surface area contributed by atoms with E-state index in [1.807, 2.05) is 23.9 Å². The molecule has 0 saturated carbocycles. The topological polar surface area (TPSA) is 84.7 Å². The van der Waals surface area contributed by atoms with Crippen molar-refractivity contribution < 1.29 is 18.0 Å². The summed E-state index contributed by atoms with van der Waals surface area (Å²) >= 11 is 0. The van der Waals surface area contributed by atoms with E-state index in [2.05, 4.69) is 25.7 Å². The fourth-order valence-corrected chi connectivity index (χ4v) is 3.49. The number of amides is 1. The van der Waals surface area contributed by atoms with Crippen LogP contribution in [0.5, 0.6) is 0 Å². The van der Waals surface area contributed by atoms with Crippen molar-refractivity contribution in [1.29, 1.82) is 0 Å². The van der Waals surface area contributed by atoms with Crippen molar-refractivity contribution in [2.24, 2.45) is 5.92 Å². The lowest BCUT2D eigenvalue weighted by Gasteiger charge is -2.11. The number of alkyl halides is 3. The number of rotatable bonds is 6. The summed E-state index contributed by atoms with van der Waals surface area (Å²) in [6, 6.07) is 5.49. The minimum absolute atomic E-state index is 0.0642. The van der Waals surface area contributed by atoms with Crippen molar-refractivity contribution in [3.8, 4) is 11.3 Å². The van der Waals surface area contributed by atoms with Crippen molar-refractivity contribution in [2.75, 3.05) is 11.9 Å². The second-order valence-electron chi connectivity index (χ2n) is 7.62. The number of anilines is 2. The standard InChI is InChI=1S/C21H21F3N6O/c1-13-6-17(15-11-27-30(12-15)5-3-14-8-20(31)26-10-14)28-19(7-13)29-18-9-16(2-4-25-18)21(22,23)24/h2,4,6-7,9,11-12,14H,3,5,8,10H2,1H3,(H,26,31)(H,25,28,29)/t14-/m1/s1. The number of hydrogen-bond acceptors (Lipinski definition) is 5. The van der Waals surface area contributed by atoms with Gasteiger partial charge < -0.3 is 10.6 Å². The van der Waals surface area contributed by atoms with Gasteiger partial charge in [-0.2, -0.15) is 18.3 Å². The second-order valence-corrected chi connectivity index (χ2v) is 7.62. The van der Waals surface area contributed by atoms with Gasteiger partial charge in [0.15, 0.2) is 0 Å². The number of carbonyl (C=O) groups is 1. The molecule has 1 aliphatic rings. The molecule has 7 nitrogen and oxygen atoms in total. The Balaban J connectivity index is 1.48. The number of aromatic nitrogens is 4. The van der Waals surface area contributed by atoms with E-state index in [1.165, 1.54) is 0 Å². The first-order chi connectivity index (χ1) is 14.8. The van der Waals surface area contributed by atoms with E-state index in [-0.39, 0.29) is 11.7 Å². The first kappa shape index (κ1) is 20.8. The maximum Gasteiger partial charge on any atom is 0.416 e. The van der Waals surface area contributed by atoms with Gasteiger partial charge in [-0.25, -0.2) is 9.97 Å². The Morgan fingerprint density at radius 3 is 2.84 bits per heavy atom. The highest BCUT2D eigenvalue weighted by molar-refractivity contribution is 5.78. The number of hydrogen-bond donors (Lipinski definition) is 2. The number of nitrogens with zero attached hydrogens (tertiary/aromatic N) is 4. The predicted octanol–water partition coefficient (Wildman–Crippen LogP) is 3.94. The molecule has 3 aromatic rings. The highest BCUT2D eigenvalue weighted by Gasteiger charge is 2.30. The Bertz CT molecular complexity index is 1090. The van der Waals surface area contributed by atoms with Crippen LogP contribution in [0.25, 0.3) is 11.3 Å². The van der Waals surface area contributed by atoms with Gasteiger partial charge in [-0.1, -0.05) is 0 Å². The number of carbonyl (C=O) groups excluding carboxylic acids is 1. The summed E-state index contributed by atoms with van der Waals surface area (Å²) in [4.78, 5) is 19.8. The molecule has 10 heteroatoms. The summed E-state index contributed by atoms with van der Waals surface area (Å²) in [6.07, 6.45) is 1.63. The molecule has 0 unspecified atom stereocenters. The molecule has 0 bridgehead atoms.